The number of hydrogen-bond acceptors (Lipinski definition) is 1. The lowest BCUT2D eigenvalue weighted by molar-refractivity contribution is 0.630. The van der Waals surface area contributed by atoms with E-state index in [2.05, 4.69) is 6.92 Å². The largest absolute Gasteiger partial charge is 0.206 e. The van der Waals surface area contributed by atoms with Crippen LogP contribution in [0, 0.1) is 12.7 Å². The zero-order chi connectivity index (χ0) is 10.8. The molecule has 0 aliphatic heterocycles. The van der Waals surface area contributed by atoms with E-state index in [0.717, 1.165) is 22.4 Å². The van der Waals surface area contributed by atoms with Gasteiger partial charge in [0.25, 0.3) is 0 Å². The van der Waals surface area contributed by atoms with Gasteiger partial charge in [-0.25, -0.2) is 4.39 Å². The van der Waals surface area contributed by atoms with E-state index in [1.165, 1.54) is 10.9 Å². The molecule has 1 aromatic heterocycles. The van der Waals surface area contributed by atoms with Gasteiger partial charge >= 0.3 is 0 Å². The number of rotatable bonds is 2. The van der Waals surface area contributed by atoms with Gasteiger partial charge in [0, 0.05) is 15.3 Å². The summed E-state index contributed by atoms with van der Waals surface area (Å²) in [5.41, 5.74) is 1.86. The van der Waals surface area contributed by atoms with E-state index in [1.54, 1.807) is 17.4 Å². The lowest BCUT2D eigenvalue weighted by Crippen LogP contribution is -1.89. The fourth-order valence-electron chi connectivity index (χ4n) is 1.71. The van der Waals surface area contributed by atoms with Crippen molar-refractivity contribution in [2.75, 3.05) is 0 Å². The molecular formula is C13H13FS. The highest BCUT2D eigenvalue weighted by Gasteiger charge is 2.10. The van der Waals surface area contributed by atoms with Crippen molar-refractivity contribution in [2.24, 2.45) is 0 Å². The van der Waals surface area contributed by atoms with Gasteiger partial charge in [-0.1, -0.05) is 19.1 Å². The molecule has 1 aromatic carbocycles. The van der Waals surface area contributed by atoms with Crippen LogP contribution in [0.2, 0.25) is 0 Å². The molecule has 0 atom stereocenters. The van der Waals surface area contributed by atoms with Crippen LogP contribution in [0.15, 0.2) is 30.3 Å². The molecule has 0 nitrogen and oxygen atoms in total. The maximum Gasteiger partial charge on any atom is 0.132 e. The van der Waals surface area contributed by atoms with Gasteiger partial charge in [0.1, 0.15) is 5.82 Å². The van der Waals surface area contributed by atoms with Crippen LogP contribution in [0.1, 0.15) is 17.4 Å². The van der Waals surface area contributed by atoms with Gasteiger partial charge in [-0.2, -0.15) is 0 Å². The normalized spacial score (nSPS) is 10.6. The zero-order valence-corrected chi connectivity index (χ0v) is 9.70. The van der Waals surface area contributed by atoms with E-state index in [1.807, 2.05) is 25.1 Å². The molecule has 0 spiro atoms. The van der Waals surface area contributed by atoms with Crippen LogP contribution in [0.25, 0.3) is 10.4 Å². The molecule has 0 N–H and O–H groups in total. The third-order valence-corrected chi connectivity index (χ3v) is 3.49. The predicted octanol–water partition coefficient (Wildman–Crippen LogP) is 4.43. The predicted molar refractivity (Wildman–Crippen MR) is 63.8 cm³/mol. The highest BCUT2D eigenvalue weighted by molar-refractivity contribution is 7.15. The quantitative estimate of drug-likeness (QED) is 0.702. The van der Waals surface area contributed by atoms with Crippen LogP contribution in [-0.4, -0.2) is 0 Å². The number of benzene rings is 1. The molecule has 0 saturated carbocycles. The SMILES string of the molecule is CCc1cccc(F)c1-c1ccc(C)s1. The van der Waals surface area contributed by atoms with Gasteiger partial charge < -0.3 is 0 Å². The molecule has 0 radical (unpaired) electrons. The Balaban J connectivity index is 2.60. The molecule has 0 amide bonds. The molecule has 0 unspecified atom stereocenters. The summed E-state index contributed by atoms with van der Waals surface area (Å²) in [4.78, 5) is 2.25. The van der Waals surface area contributed by atoms with Crippen molar-refractivity contribution in [3.05, 3.63) is 46.6 Å². The van der Waals surface area contributed by atoms with E-state index in [-0.39, 0.29) is 5.82 Å². The Hall–Kier alpha value is -1.15. The minimum atomic E-state index is -0.115. The summed E-state index contributed by atoms with van der Waals surface area (Å²) >= 11 is 1.64. The van der Waals surface area contributed by atoms with E-state index in [9.17, 15) is 4.39 Å². The number of halogens is 1. The zero-order valence-electron chi connectivity index (χ0n) is 8.88. The third-order valence-electron chi connectivity index (χ3n) is 2.47. The first-order valence-corrected chi connectivity index (χ1v) is 5.88. The fourth-order valence-corrected chi connectivity index (χ4v) is 2.66. The molecule has 78 valence electrons. The van der Waals surface area contributed by atoms with Crippen LogP contribution in [-0.2, 0) is 6.42 Å². The summed E-state index contributed by atoms with van der Waals surface area (Å²) in [6, 6.07) is 9.33. The molecule has 1 heterocycles. The van der Waals surface area contributed by atoms with E-state index in [0.29, 0.717) is 0 Å². The van der Waals surface area contributed by atoms with Crippen molar-refractivity contribution in [1.82, 2.24) is 0 Å². The van der Waals surface area contributed by atoms with E-state index >= 15 is 0 Å². The molecule has 0 aliphatic carbocycles. The Morgan fingerprint density at radius 2 is 2.00 bits per heavy atom. The summed E-state index contributed by atoms with van der Waals surface area (Å²) in [5, 5.41) is 0. The molecule has 0 aliphatic rings. The van der Waals surface area contributed by atoms with Gasteiger partial charge in [-0.3, -0.25) is 0 Å². The minimum absolute atomic E-state index is 0.115. The van der Waals surface area contributed by atoms with Crippen LogP contribution < -0.4 is 0 Å². The first-order chi connectivity index (χ1) is 7.22. The van der Waals surface area contributed by atoms with E-state index in [4.69, 9.17) is 0 Å². The van der Waals surface area contributed by atoms with Crippen molar-refractivity contribution >= 4 is 11.3 Å². The van der Waals surface area contributed by atoms with Gasteiger partial charge in [0.05, 0.1) is 0 Å². The Bertz CT molecular complexity index is 471. The average molecular weight is 220 g/mol. The van der Waals surface area contributed by atoms with Crippen molar-refractivity contribution < 1.29 is 4.39 Å². The van der Waals surface area contributed by atoms with Gasteiger partial charge in [0.2, 0.25) is 0 Å². The second-order valence-electron chi connectivity index (χ2n) is 3.54. The van der Waals surface area contributed by atoms with Crippen LogP contribution >= 0.6 is 11.3 Å². The number of aryl methyl sites for hydroxylation is 2. The molecule has 2 heteroatoms. The monoisotopic (exact) mass is 220 g/mol. The first kappa shape index (κ1) is 10.4. The second kappa shape index (κ2) is 4.15. The van der Waals surface area contributed by atoms with Crippen molar-refractivity contribution in [3.8, 4) is 10.4 Å². The lowest BCUT2D eigenvalue weighted by atomic mass is 10.0. The molecule has 0 saturated heterocycles. The highest BCUT2D eigenvalue weighted by atomic mass is 32.1. The van der Waals surface area contributed by atoms with Crippen LogP contribution in [0.5, 0.6) is 0 Å². The van der Waals surface area contributed by atoms with Gasteiger partial charge in [0.15, 0.2) is 0 Å². The number of thiophene rings is 1. The summed E-state index contributed by atoms with van der Waals surface area (Å²) in [5.74, 6) is -0.115. The van der Waals surface area contributed by atoms with Crippen LogP contribution in [0.3, 0.4) is 0 Å². The maximum absolute atomic E-state index is 13.7. The first-order valence-electron chi connectivity index (χ1n) is 5.06. The van der Waals surface area contributed by atoms with Crippen LogP contribution in [0.4, 0.5) is 4.39 Å². The van der Waals surface area contributed by atoms with Crippen molar-refractivity contribution in [2.45, 2.75) is 20.3 Å². The standard InChI is InChI=1S/C13H13FS/c1-3-10-5-4-6-11(14)13(10)12-8-7-9(2)15-12/h4-8H,3H2,1-2H3. The molecular weight excluding hydrogens is 207 g/mol. The topological polar surface area (TPSA) is 0 Å². The van der Waals surface area contributed by atoms with E-state index < -0.39 is 0 Å². The molecule has 2 aromatic rings. The number of hydrogen-bond donors (Lipinski definition) is 0. The third kappa shape index (κ3) is 1.95. The Morgan fingerprint density at radius 1 is 1.20 bits per heavy atom. The fraction of sp³-hybridized carbons (Fsp3) is 0.231. The molecule has 15 heavy (non-hydrogen) atoms. The summed E-state index contributed by atoms with van der Waals surface area (Å²) in [7, 11) is 0. The van der Waals surface area contributed by atoms with Crippen molar-refractivity contribution in [3.63, 3.8) is 0 Å². The lowest BCUT2D eigenvalue weighted by Gasteiger charge is -2.06. The summed E-state index contributed by atoms with van der Waals surface area (Å²) in [6.45, 7) is 4.10. The molecule has 0 bridgehead atoms. The Kier molecular flexibility index (Phi) is 2.87. The second-order valence-corrected chi connectivity index (χ2v) is 4.83. The molecule has 2 rings (SSSR count). The van der Waals surface area contributed by atoms with Gasteiger partial charge in [-0.15, -0.1) is 11.3 Å². The Morgan fingerprint density at radius 3 is 2.60 bits per heavy atom. The van der Waals surface area contributed by atoms with Crippen molar-refractivity contribution in [1.29, 1.82) is 0 Å². The Labute approximate surface area is 93.4 Å². The average Bonchev–Trinajstić information content (AvgIpc) is 2.64. The highest BCUT2D eigenvalue weighted by Crippen LogP contribution is 2.32. The maximum atomic E-state index is 13.7. The summed E-state index contributed by atoms with van der Waals surface area (Å²) in [6.07, 6.45) is 0.865. The summed E-state index contributed by atoms with van der Waals surface area (Å²) < 4.78 is 13.7. The smallest absolute Gasteiger partial charge is 0.132 e. The minimum Gasteiger partial charge on any atom is -0.206 e. The molecule has 0 fully saturated rings. The van der Waals surface area contributed by atoms with Gasteiger partial charge in [-0.05, 0) is 37.1 Å².